The molecule has 0 aliphatic heterocycles. The number of fused-ring (bicyclic) bond motifs is 1. The molecule has 2 N–H and O–H groups in total. The van der Waals surface area contributed by atoms with Gasteiger partial charge in [-0.2, -0.15) is 0 Å². The molecular weight excluding hydrogens is 480 g/mol. The van der Waals surface area contributed by atoms with Crippen molar-refractivity contribution >= 4 is 40.3 Å². The van der Waals surface area contributed by atoms with Gasteiger partial charge in [-0.1, -0.05) is 72.4 Å². The summed E-state index contributed by atoms with van der Waals surface area (Å²) in [7, 11) is 0. The molecule has 184 valence electrons. The van der Waals surface area contributed by atoms with E-state index in [1.165, 1.54) is 0 Å². The van der Waals surface area contributed by atoms with Gasteiger partial charge in [-0.3, -0.25) is 9.59 Å². The molecule has 1 unspecified atom stereocenters. The lowest BCUT2D eigenvalue weighted by atomic mass is 10.2. The fourth-order valence-electron chi connectivity index (χ4n) is 4.13. The lowest BCUT2D eigenvalue weighted by Crippen LogP contribution is -2.30. The third kappa shape index (κ3) is 5.73. The predicted molar refractivity (Wildman–Crippen MR) is 148 cm³/mol. The third-order valence-corrected chi connectivity index (χ3v) is 6.97. The Hall–Kier alpha value is -4.36. The van der Waals surface area contributed by atoms with E-state index in [1.807, 2.05) is 109 Å². The van der Waals surface area contributed by atoms with Gasteiger partial charge in [0.1, 0.15) is 12.4 Å². The minimum absolute atomic E-state index is 0.0612. The van der Waals surface area contributed by atoms with E-state index in [0.717, 1.165) is 26.5 Å². The number of carbonyl (C=O) groups excluding carboxylic acids is 2. The van der Waals surface area contributed by atoms with Crippen LogP contribution < -0.4 is 10.6 Å². The van der Waals surface area contributed by atoms with Crippen molar-refractivity contribution in [3.63, 3.8) is 0 Å². The van der Waals surface area contributed by atoms with E-state index in [2.05, 4.69) is 10.6 Å². The summed E-state index contributed by atoms with van der Waals surface area (Å²) in [4.78, 5) is 32.9. The van der Waals surface area contributed by atoms with Gasteiger partial charge in [0.25, 0.3) is 5.91 Å². The Bertz CT molecular complexity index is 1530. The molecule has 0 bridgehead atoms. The summed E-state index contributed by atoms with van der Waals surface area (Å²) in [5.74, 6) is 0.252. The number of hydrogen-bond acceptors (Lipinski definition) is 4. The zero-order valence-corrected chi connectivity index (χ0v) is 21.1. The highest BCUT2D eigenvalue weighted by Crippen LogP contribution is 2.33. The van der Waals surface area contributed by atoms with E-state index in [4.69, 9.17) is 4.98 Å². The van der Waals surface area contributed by atoms with Crippen LogP contribution in [0.3, 0.4) is 0 Å². The standard InChI is InChI=1S/C30H26N4O2S/c1-21(31-30(36)22-12-4-2-5-13-22)29-33-24-16-8-10-18-26(24)34(29)20-28(35)32-25-17-9-11-19-27(25)37-23-14-6-3-7-15-23/h2-19,21H,20H2,1H3,(H,31,36)(H,32,35). The van der Waals surface area contributed by atoms with Crippen molar-refractivity contribution in [2.45, 2.75) is 29.3 Å². The molecule has 0 spiro atoms. The smallest absolute Gasteiger partial charge is 0.251 e. The topological polar surface area (TPSA) is 76.0 Å². The number of amides is 2. The van der Waals surface area contributed by atoms with Gasteiger partial charge in [0, 0.05) is 15.4 Å². The summed E-state index contributed by atoms with van der Waals surface area (Å²) >= 11 is 1.60. The number of hydrogen-bond donors (Lipinski definition) is 2. The summed E-state index contributed by atoms with van der Waals surface area (Å²) in [6.45, 7) is 1.94. The van der Waals surface area contributed by atoms with Crippen molar-refractivity contribution in [2.75, 3.05) is 5.32 Å². The van der Waals surface area contributed by atoms with E-state index in [1.54, 1.807) is 23.9 Å². The Morgan fingerprint density at radius 1 is 0.838 bits per heavy atom. The Morgan fingerprint density at radius 3 is 2.27 bits per heavy atom. The van der Waals surface area contributed by atoms with E-state index in [0.29, 0.717) is 11.4 Å². The van der Waals surface area contributed by atoms with E-state index < -0.39 is 6.04 Å². The lowest BCUT2D eigenvalue weighted by Gasteiger charge is -2.17. The van der Waals surface area contributed by atoms with Crippen LogP contribution in [0.2, 0.25) is 0 Å². The molecule has 1 heterocycles. The Balaban J connectivity index is 1.38. The maximum Gasteiger partial charge on any atom is 0.251 e. The predicted octanol–water partition coefficient (Wildman–Crippen LogP) is 6.32. The SMILES string of the molecule is CC(NC(=O)c1ccccc1)c1nc2ccccc2n1CC(=O)Nc1ccccc1Sc1ccccc1. The maximum atomic E-state index is 13.3. The van der Waals surface area contributed by atoms with Crippen LogP contribution in [-0.4, -0.2) is 21.4 Å². The molecule has 0 aliphatic rings. The molecule has 4 aromatic carbocycles. The molecule has 0 aliphatic carbocycles. The average molecular weight is 507 g/mol. The van der Waals surface area contributed by atoms with Crippen LogP contribution in [0.4, 0.5) is 5.69 Å². The number of carbonyl (C=O) groups is 2. The van der Waals surface area contributed by atoms with Gasteiger partial charge < -0.3 is 15.2 Å². The van der Waals surface area contributed by atoms with Crippen LogP contribution in [0.5, 0.6) is 0 Å². The number of nitrogens with zero attached hydrogens (tertiary/aromatic N) is 2. The monoisotopic (exact) mass is 506 g/mol. The molecule has 5 rings (SSSR count). The first kappa shape index (κ1) is 24.3. The molecule has 1 aromatic heterocycles. The van der Waals surface area contributed by atoms with Crippen LogP contribution in [0, 0.1) is 0 Å². The van der Waals surface area contributed by atoms with Gasteiger partial charge >= 0.3 is 0 Å². The maximum absolute atomic E-state index is 13.3. The van der Waals surface area contributed by atoms with Gasteiger partial charge in [-0.25, -0.2) is 4.98 Å². The second-order valence-corrected chi connectivity index (χ2v) is 9.68. The minimum Gasteiger partial charge on any atom is -0.342 e. The zero-order valence-electron chi connectivity index (χ0n) is 20.3. The van der Waals surface area contributed by atoms with Gasteiger partial charge in [0.2, 0.25) is 5.91 Å². The summed E-state index contributed by atoms with van der Waals surface area (Å²) in [5, 5.41) is 6.09. The largest absolute Gasteiger partial charge is 0.342 e. The number of aromatic nitrogens is 2. The quantitative estimate of drug-likeness (QED) is 0.258. The molecule has 0 radical (unpaired) electrons. The summed E-state index contributed by atoms with van der Waals surface area (Å²) in [6, 6.07) is 34.1. The Morgan fingerprint density at radius 2 is 1.49 bits per heavy atom. The Kier molecular flexibility index (Phi) is 7.33. The lowest BCUT2D eigenvalue weighted by molar-refractivity contribution is -0.116. The van der Waals surface area contributed by atoms with E-state index >= 15 is 0 Å². The number of benzene rings is 4. The van der Waals surface area contributed by atoms with E-state index in [9.17, 15) is 9.59 Å². The highest BCUT2D eigenvalue weighted by Gasteiger charge is 2.21. The van der Waals surface area contributed by atoms with Crippen molar-refractivity contribution in [2.24, 2.45) is 0 Å². The number of anilines is 1. The molecule has 6 nitrogen and oxygen atoms in total. The average Bonchev–Trinajstić information content (AvgIpc) is 3.29. The van der Waals surface area contributed by atoms with E-state index in [-0.39, 0.29) is 18.4 Å². The third-order valence-electron chi connectivity index (χ3n) is 5.89. The molecule has 7 heteroatoms. The summed E-state index contributed by atoms with van der Waals surface area (Å²) < 4.78 is 1.87. The van der Waals surface area contributed by atoms with Crippen molar-refractivity contribution in [1.82, 2.24) is 14.9 Å². The van der Waals surface area contributed by atoms with Crippen molar-refractivity contribution in [3.05, 3.63) is 121 Å². The van der Waals surface area contributed by atoms with Crippen LogP contribution in [0.1, 0.15) is 29.1 Å². The molecule has 1 atom stereocenters. The fraction of sp³-hybridized carbons (Fsp3) is 0.100. The normalized spacial score (nSPS) is 11.7. The second kappa shape index (κ2) is 11.1. The highest BCUT2D eigenvalue weighted by molar-refractivity contribution is 7.99. The first-order chi connectivity index (χ1) is 18.1. The molecule has 0 saturated heterocycles. The Labute approximate surface area is 219 Å². The number of rotatable bonds is 8. The van der Waals surface area contributed by atoms with Crippen molar-refractivity contribution < 1.29 is 9.59 Å². The van der Waals surface area contributed by atoms with Crippen LogP contribution >= 0.6 is 11.8 Å². The molecule has 0 fully saturated rings. The first-order valence-electron chi connectivity index (χ1n) is 12.0. The molecule has 0 saturated carbocycles. The van der Waals surface area contributed by atoms with Crippen LogP contribution in [0.25, 0.3) is 11.0 Å². The van der Waals surface area contributed by atoms with Gasteiger partial charge in [-0.15, -0.1) is 0 Å². The molecule has 5 aromatic rings. The van der Waals surface area contributed by atoms with Gasteiger partial charge in [0.15, 0.2) is 0 Å². The molecule has 2 amide bonds. The van der Waals surface area contributed by atoms with Crippen LogP contribution in [-0.2, 0) is 11.3 Å². The second-order valence-electron chi connectivity index (χ2n) is 8.57. The number of nitrogens with one attached hydrogen (secondary N) is 2. The number of imidazole rings is 1. The number of para-hydroxylation sites is 3. The van der Waals surface area contributed by atoms with Crippen molar-refractivity contribution in [3.8, 4) is 0 Å². The first-order valence-corrected chi connectivity index (χ1v) is 12.8. The molecular formula is C30H26N4O2S. The van der Waals surface area contributed by atoms with Gasteiger partial charge in [-0.05, 0) is 55.5 Å². The molecule has 37 heavy (non-hydrogen) atoms. The summed E-state index contributed by atoms with van der Waals surface area (Å²) in [5.41, 5.74) is 2.92. The highest BCUT2D eigenvalue weighted by atomic mass is 32.2. The van der Waals surface area contributed by atoms with Crippen LogP contribution in [0.15, 0.2) is 119 Å². The zero-order chi connectivity index (χ0) is 25.6. The van der Waals surface area contributed by atoms with Crippen molar-refractivity contribution in [1.29, 1.82) is 0 Å². The fourth-order valence-corrected chi connectivity index (χ4v) is 5.06. The summed E-state index contributed by atoms with van der Waals surface area (Å²) in [6.07, 6.45) is 0. The minimum atomic E-state index is -0.408. The van der Waals surface area contributed by atoms with Gasteiger partial charge in [0.05, 0.1) is 22.8 Å².